The first kappa shape index (κ1) is 25.0. The van der Waals surface area contributed by atoms with Gasteiger partial charge in [-0.1, -0.05) is 23.4 Å². The molecule has 3 aromatic rings. The van der Waals surface area contributed by atoms with Crippen molar-refractivity contribution < 1.29 is 18.4 Å². The van der Waals surface area contributed by atoms with E-state index in [9.17, 15) is 9.65 Å². The highest BCUT2D eigenvalue weighted by atomic mass is 19.1. The molecule has 2 saturated heterocycles. The number of aromatic nitrogens is 3. The lowest BCUT2D eigenvalue weighted by Crippen LogP contribution is -2.43. The zero-order chi connectivity index (χ0) is 27.3. The van der Waals surface area contributed by atoms with Crippen LogP contribution in [0.5, 0.6) is 6.01 Å². The van der Waals surface area contributed by atoms with Crippen molar-refractivity contribution in [2.45, 2.75) is 62.6 Å². The fourth-order valence-corrected chi connectivity index (χ4v) is 6.83. The smallest absolute Gasteiger partial charge is 0.318 e. The Morgan fingerprint density at radius 2 is 2.23 bits per heavy atom. The van der Waals surface area contributed by atoms with E-state index < -0.39 is 11.8 Å². The molecule has 1 spiro atoms. The van der Waals surface area contributed by atoms with Gasteiger partial charge in [0.25, 0.3) is 0 Å². The van der Waals surface area contributed by atoms with E-state index in [2.05, 4.69) is 27.5 Å². The molecule has 3 atom stereocenters. The molecule has 7 rings (SSSR count). The Morgan fingerprint density at radius 3 is 3.08 bits per heavy atom. The van der Waals surface area contributed by atoms with Gasteiger partial charge in [0.1, 0.15) is 42.2 Å². The minimum atomic E-state index is -0.885. The molecule has 11 heteroatoms. The number of nitrogens with two attached hydrogens (primary N) is 1. The molecule has 206 valence electrons. The molecule has 40 heavy (non-hydrogen) atoms. The summed E-state index contributed by atoms with van der Waals surface area (Å²) in [4.78, 5) is 11.8. The first-order chi connectivity index (χ1) is 19.5. The van der Waals surface area contributed by atoms with E-state index in [1.165, 1.54) is 6.26 Å². The highest BCUT2D eigenvalue weighted by Gasteiger charge is 2.49. The summed E-state index contributed by atoms with van der Waals surface area (Å²) < 4.78 is 32.1. The molecule has 0 bridgehead atoms. The summed E-state index contributed by atoms with van der Waals surface area (Å²) in [5, 5.41) is 17.3. The Hall–Kier alpha value is -4.01. The lowest BCUT2D eigenvalue weighted by atomic mass is 9.76. The molecular formula is C29H30FN7O3. The van der Waals surface area contributed by atoms with E-state index in [-0.39, 0.29) is 18.2 Å². The Kier molecular flexibility index (Phi) is 5.98. The average Bonchev–Trinajstić information content (AvgIpc) is 3.67. The summed E-state index contributed by atoms with van der Waals surface area (Å²) in [6.45, 7) is 2.28. The molecule has 0 amide bonds. The number of hydrogen-bond donors (Lipinski definition) is 2. The van der Waals surface area contributed by atoms with Crippen LogP contribution in [0.15, 0.2) is 41.1 Å². The number of ether oxygens (including phenoxy) is 2. The first-order valence-electron chi connectivity index (χ1n) is 13.7. The summed E-state index contributed by atoms with van der Waals surface area (Å²) in [6, 6.07) is 8.04. The third-order valence-electron chi connectivity index (χ3n) is 8.72. The van der Waals surface area contributed by atoms with Crippen LogP contribution in [-0.2, 0) is 36.3 Å². The van der Waals surface area contributed by atoms with Gasteiger partial charge in [-0.3, -0.25) is 4.90 Å². The third-order valence-corrected chi connectivity index (χ3v) is 8.72. The number of nitriles is 1. The van der Waals surface area contributed by atoms with Gasteiger partial charge in [0, 0.05) is 42.3 Å². The van der Waals surface area contributed by atoms with E-state index in [0.717, 1.165) is 47.5 Å². The third kappa shape index (κ3) is 4.10. The molecule has 2 aromatic heterocycles. The Balaban J connectivity index is 1.24. The Labute approximate surface area is 231 Å². The second-order valence-electron chi connectivity index (χ2n) is 11.1. The van der Waals surface area contributed by atoms with Crippen molar-refractivity contribution in [3.05, 3.63) is 70.3 Å². The maximum Gasteiger partial charge on any atom is 0.318 e. The van der Waals surface area contributed by atoms with Gasteiger partial charge in [-0.2, -0.15) is 15.2 Å². The maximum atomic E-state index is 14.3. The normalized spacial score (nSPS) is 26.8. The molecule has 1 aromatic carbocycles. The number of nitrogens with zero attached hydrogens (tertiary/aromatic N) is 5. The van der Waals surface area contributed by atoms with Crippen molar-refractivity contribution in [2.75, 3.05) is 30.7 Å². The van der Waals surface area contributed by atoms with Crippen LogP contribution in [0.4, 0.5) is 15.9 Å². The van der Waals surface area contributed by atoms with E-state index >= 15 is 0 Å². The van der Waals surface area contributed by atoms with Crippen LogP contribution in [0.1, 0.15) is 52.9 Å². The number of nitrogens with one attached hydrogen (secondary N) is 1. The van der Waals surface area contributed by atoms with Crippen LogP contribution in [0, 0.1) is 11.3 Å². The molecule has 3 unspecified atom stereocenters. The quantitative estimate of drug-likeness (QED) is 0.351. The van der Waals surface area contributed by atoms with Gasteiger partial charge in [0.2, 0.25) is 0 Å². The minimum Gasteiger partial charge on any atom is -0.461 e. The molecule has 10 nitrogen and oxygen atoms in total. The molecule has 5 heterocycles. The zero-order valence-electron chi connectivity index (χ0n) is 22.0. The van der Waals surface area contributed by atoms with Crippen molar-refractivity contribution in [1.82, 2.24) is 20.0 Å². The van der Waals surface area contributed by atoms with Crippen LogP contribution in [-0.4, -0.2) is 51.4 Å². The molecule has 4 aliphatic rings. The van der Waals surface area contributed by atoms with Crippen LogP contribution >= 0.6 is 0 Å². The van der Waals surface area contributed by atoms with Crippen molar-refractivity contribution in [1.29, 1.82) is 5.26 Å². The number of allylic oxidation sites excluding steroid dienone is 1. The summed E-state index contributed by atoms with van der Waals surface area (Å²) in [7, 11) is 0. The van der Waals surface area contributed by atoms with Crippen LogP contribution < -0.4 is 15.8 Å². The highest BCUT2D eigenvalue weighted by molar-refractivity contribution is 5.65. The number of rotatable bonds is 6. The molecule has 3 aliphatic heterocycles. The Bertz CT molecular complexity index is 1520. The predicted molar refractivity (Wildman–Crippen MR) is 143 cm³/mol. The molecule has 2 fully saturated rings. The second-order valence-corrected chi connectivity index (χ2v) is 11.1. The Morgan fingerprint density at radius 1 is 1.30 bits per heavy atom. The minimum absolute atomic E-state index is 0.224. The van der Waals surface area contributed by atoms with Crippen LogP contribution in [0.2, 0.25) is 0 Å². The number of halogens is 1. The molecule has 1 aliphatic carbocycles. The number of fused-ring (bicyclic) bond motifs is 4. The molecular weight excluding hydrogens is 513 g/mol. The lowest BCUT2D eigenvalue weighted by molar-refractivity contribution is -0.0394. The van der Waals surface area contributed by atoms with E-state index in [1.807, 2.05) is 12.1 Å². The van der Waals surface area contributed by atoms with Crippen molar-refractivity contribution in [2.24, 2.45) is 0 Å². The fourth-order valence-electron chi connectivity index (χ4n) is 6.83. The van der Waals surface area contributed by atoms with Crippen molar-refractivity contribution in [3.8, 4) is 12.1 Å². The van der Waals surface area contributed by atoms with Crippen molar-refractivity contribution in [3.63, 3.8) is 0 Å². The average molecular weight is 544 g/mol. The lowest BCUT2D eigenvalue weighted by Gasteiger charge is -2.40. The van der Waals surface area contributed by atoms with Crippen LogP contribution in [0.3, 0.4) is 0 Å². The number of anilines is 2. The van der Waals surface area contributed by atoms with Gasteiger partial charge in [0.05, 0.1) is 29.9 Å². The fraction of sp³-hybridized carbons (Fsp3) is 0.448. The molecule has 0 saturated carbocycles. The first-order valence-corrected chi connectivity index (χ1v) is 13.7. The van der Waals surface area contributed by atoms with Crippen molar-refractivity contribution >= 4 is 11.5 Å². The second kappa shape index (κ2) is 9.57. The summed E-state index contributed by atoms with van der Waals surface area (Å²) in [5.41, 5.74) is 9.98. The number of alkyl halides is 1. The van der Waals surface area contributed by atoms with E-state index in [4.69, 9.17) is 29.7 Å². The topological polar surface area (TPSA) is 135 Å². The van der Waals surface area contributed by atoms with E-state index in [0.29, 0.717) is 56.0 Å². The predicted octanol–water partition coefficient (Wildman–Crippen LogP) is 3.57. The number of benzene rings is 1. The highest BCUT2D eigenvalue weighted by Crippen LogP contribution is 2.45. The van der Waals surface area contributed by atoms with Gasteiger partial charge in [-0.15, -0.1) is 0 Å². The van der Waals surface area contributed by atoms with Gasteiger partial charge in [0.15, 0.2) is 0 Å². The molecule has 0 radical (unpaired) electrons. The summed E-state index contributed by atoms with van der Waals surface area (Å²) >= 11 is 0. The monoisotopic (exact) mass is 543 g/mol. The van der Waals surface area contributed by atoms with Gasteiger partial charge in [-0.05, 0) is 37.4 Å². The standard InChI is InChI=1S/C29H30FN7O3/c30-19-11-28(7-2-9-37(28)15-19)17-38-27-34-24-12-29(8-1-3-18-4-5-23(32)21(13-31)25(18)29)39-16-22(24)26(35-27)33-14-20-6-10-40-36-20/h1,4-6,8,10,19H,2-3,7,9,11-12,14-17,32H2,(H,33,34,35). The molecule has 3 N–H and O–H groups in total. The zero-order valence-corrected chi connectivity index (χ0v) is 22.0. The van der Waals surface area contributed by atoms with Gasteiger partial charge >= 0.3 is 6.01 Å². The maximum absolute atomic E-state index is 14.3. The van der Waals surface area contributed by atoms with Crippen LogP contribution in [0.25, 0.3) is 0 Å². The largest absolute Gasteiger partial charge is 0.461 e. The summed E-state index contributed by atoms with van der Waals surface area (Å²) in [5.74, 6) is 0.585. The summed E-state index contributed by atoms with van der Waals surface area (Å²) in [6.07, 6.45) is 8.22. The SMILES string of the molecule is N#Cc1c(N)ccc2c1C1(C=CC2)Cc2nc(OCC34CCCN3CC(F)C4)nc(NCc3ccon3)c2CO1. The van der Waals surface area contributed by atoms with Gasteiger partial charge in [-0.25, -0.2) is 4.39 Å². The number of hydrogen-bond acceptors (Lipinski definition) is 10. The van der Waals surface area contributed by atoms with E-state index in [1.54, 1.807) is 12.1 Å². The van der Waals surface area contributed by atoms with Gasteiger partial charge < -0.3 is 25.0 Å². The number of nitrogen functional groups attached to an aromatic ring is 1.